The van der Waals surface area contributed by atoms with Gasteiger partial charge in [0.25, 0.3) is 5.91 Å². The molecule has 8 nitrogen and oxygen atoms in total. The number of amides is 2. The van der Waals surface area contributed by atoms with Crippen molar-refractivity contribution in [2.45, 2.75) is 25.5 Å². The predicted octanol–water partition coefficient (Wildman–Crippen LogP) is 3.06. The first kappa shape index (κ1) is 22.2. The Morgan fingerprint density at radius 1 is 1.21 bits per heavy atom. The second-order valence-electron chi connectivity index (χ2n) is 8.28. The van der Waals surface area contributed by atoms with Crippen LogP contribution in [0.4, 0.5) is 15.9 Å². The third kappa shape index (κ3) is 4.32. The van der Waals surface area contributed by atoms with Gasteiger partial charge in [-0.3, -0.25) is 9.59 Å². The fourth-order valence-electron chi connectivity index (χ4n) is 4.14. The molecule has 0 saturated carbocycles. The molecule has 3 N–H and O–H groups in total. The van der Waals surface area contributed by atoms with E-state index in [1.165, 1.54) is 12.1 Å². The highest BCUT2D eigenvalue weighted by atomic mass is 35.5. The lowest BCUT2D eigenvalue weighted by atomic mass is 10.1. The number of nitrogens with one attached hydrogen (secondary N) is 2. The van der Waals surface area contributed by atoms with E-state index in [1.807, 2.05) is 12.1 Å². The number of hydrogen-bond acceptors (Lipinski definition) is 6. The summed E-state index contributed by atoms with van der Waals surface area (Å²) in [5, 5.41) is 15.6. The first-order chi connectivity index (χ1) is 16.4. The number of anilines is 2. The van der Waals surface area contributed by atoms with Crippen LogP contribution in [0.15, 0.2) is 42.5 Å². The molecule has 0 spiro atoms. The van der Waals surface area contributed by atoms with Gasteiger partial charge in [0, 0.05) is 18.8 Å². The highest BCUT2D eigenvalue weighted by Gasteiger charge is 2.28. The van der Waals surface area contributed by atoms with Gasteiger partial charge in [0.05, 0.1) is 35.3 Å². The summed E-state index contributed by atoms with van der Waals surface area (Å²) in [7, 11) is 0. The Morgan fingerprint density at radius 2 is 2.00 bits per heavy atom. The molecule has 0 aliphatic carbocycles. The van der Waals surface area contributed by atoms with E-state index < -0.39 is 11.9 Å². The molecule has 1 aromatic heterocycles. The molecule has 3 heterocycles. The molecule has 1 atom stereocenters. The molecular formula is C24H21ClFN5O3. The Kier molecular flexibility index (Phi) is 5.89. The standard InChI is InChI=1S/C24H21ClFN5O3/c25-16-2-1-3-17(26)20(16)22-29-18-11-27-24(34)21(18)23(30-22)28-14-6-4-13(5-7-14)10-19(33)31-9-8-15(32)12-31/h1-7,15,32H,8-12H2,(H,27,34)(H,28,29,30). The minimum absolute atomic E-state index is 0.0334. The number of likely N-dealkylation sites (tertiary alicyclic amines) is 1. The summed E-state index contributed by atoms with van der Waals surface area (Å²) >= 11 is 6.20. The summed E-state index contributed by atoms with van der Waals surface area (Å²) in [5.41, 5.74) is 2.27. The van der Waals surface area contributed by atoms with Crippen molar-refractivity contribution in [2.75, 3.05) is 18.4 Å². The number of β-amino-alcohol motifs (C(OH)–C–C–N with tert-alkyl or cyclic N) is 1. The number of fused-ring (bicyclic) bond motifs is 1. The second kappa shape index (κ2) is 9.00. The van der Waals surface area contributed by atoms with Gasteiger partial charge in [-0.1, -0.05) is 29.8 Å². The largest absolute Gasteiger partial charge is 0.391 e. The molecule has 1 fully saturated rings. The summed E-state index contributed by atoms with van der Waals surface area (Å²) < 4.78 is 14.5. The lowest BCUT2D eigenvalue weighted by Crippen LogP contribution is -2.30. The molecular weight excluding hydrogens is 461 g/mol. The second-order valence-corrected chi connectivity index (χ2v) is 8.69. The van der Waals surface area contributed by atoms with E-state index in [-0.39, 0.29) is 47.0 Å². The van der Waals surface area contributed by atoms with E-state index in [0.717, 1.165) is 5.56 Å². The zero-order valence-corrected chi connectivity index (χ0v) is 18.8. The summed E-state index contributed by atoms with van der Waals surface area (Å²) in [6.45, 7) is 1.14. The van der Waals surface area contributed by atoms with E-state index in [1.54, 1.807) is 23.1 Å². The molecule has 1 unspecified atom stereocenters. The Hall–Kier alpha value is -3.56. The van der Waals surface area contributed by atoms with Gasteiger partial charge >= 0.3 is 0 Å². The van der Waals surface area contributed by atoms with Crippen molar-refractivity contribution < 1.29 is 19.1 Å². The van der Waals surface area contributed by atoms with Crippen LogP contribution in [-0.2, 0) is 17.8 Å². The van der Waals surface area contributed by atoms with Gasteiger partial charge in [-0.25, -0.2) is 14.4 Å². The number of aliphatic hydroxyl groups is 1. The zero-order chi connectivity index (χ0) is 23.8. The lowest BCUT2D eigenvalue weighted by Gasteiger charge is -2.16. The number of benzene rings is 2. The molecule has 174 valence electrons. The summed E-state index contributed by atoms with van der Waals surface area (Å²) in [5.74, 6) is -0.594. The third-order valence-corrected chi connectivity index (χ3v) is 6.22. The maximum Gasteiger partial charge on any atom is 0.257 e. The Morgan fingerprint density at radius 3 is 2.71 bits per heavy atom. The van der Waals surface area contributed by atoms with Gasteiger partial charge in [0.2, 0.25) is 5.91 Å². The van der Waals surface area contributed by atoms with Crippen molar-refractivity contribution in [3.63, 3.8) is 0 Å². The van der Waals surface area contributed by atoms with E-state index in [0.29, 0.717) is 36.5 Å². The van der Waals surface area contributed by atoms with E-state index in [9.17, 15) is 19.1 Å². The van der Waals surface area contributed by atoms with Crippen LogP contribution in [0, 0.1) is 5.82 Å². The van der Waals surface area contributed by atoms with Crippen molar-refractivity contribution in [3.05, 3.63) is 70.1 Å². The van der Waals surface area contributed by atoms with Crippen LogP contribution >= 0.6 is 11.6 Å². The summed E-state index contributed by atoms with van der Waals surface area (Å²) in [4.78, 5) is 35.3. The number of aromatic nitrogens is 2. The number of rotatable bonds is 5. The van der Waals surface area contributed by atoms with Crippen LogP contribution in [0.3, 0.4) is 0 Å². The highest BCUT2D eigenvalue weighted by molar-refractivity contribution is 6.33. The monoisotopic (exact) mass is 481 g/mol. The van der Waals surface area contributed by atoms with Crippen LogP contribution in [0.2, 0.25) is 5.02 Å². The number of carbonyl (C=O) groups is 2. The smallest absolute Gasteiger partial charge is 0.257 e. The quantitative estimate of drug-likeness (QED) is 0.517. The number of carbonyl (C=O) groups excluding carboxylic acids is 2. The molecule has 0 radical (unpaired) electrons. The van der Waals surface area contributed by atoms with Crippen LogP contribution in [-0.4, -0.2) is 51.0 Å². The first-order valence-corrected chi connectivity index (χ1v) is 11.2. The molecule has 2 amide bonds. The minimum atomic E-state index is -0.560. The molecule has 34 heavy (non-hydrogen) atoms. The normalized spacial score (nSPS) is 17.0. The number of aliphatic hydroxyl groups excluding tert-OH is 1. The van der Waals surface area contributed by atoms with Crippen LogP contribution in [0.5, 0.6) is 0 Å². The van der Waals surface area contributed by atoms with Gasteiger partial charge in [-0.05, 0) is 36.2 Å². The molecule has 2 aromatic carbocycles. The molecule has 2 aliphatic rings. The minimum Gasteiger partial charge on any atom is -0.391 e. The average molecular weight is 482 g/mol. The Balaban J connectivity index is 1.40. The topological polar surface area (TPSA) is 107 Å². The molecule has 3 aromatic rings. The van der Waals surface area contributed by atoms with Crippen molar-refractivity contribution in [2.24, 2.45) is 0 Å². The van der Waals surface area contributed by atoms with Gasteiger partial charge in [-0.2, -0.15) is 0 Å². The first-order valence-electron chi connectivity index (χ1n) is 10.8. The third-order valence-electron chi connectivity index (χ3n) is 5.90. The van der Waals surface area contributed by atoms with Gasteiger partial charge in [0.1, 0.15) is 17.2 Å². The van der Waals surface area contributed by atoms with Crippen molar-refractivity contribution in [1.82, 2.24) is 20.2 Å². The van der Waals surface area contributed by atoms with Crippen LogP contribution in [0.1, 0.15) is 28.0 Å². The molecule has 10 heteroatoms. The van der Waals surface area contributed by atoms with Crippen molar-refractivity contribution in [3.8, 4) is 11.4 Å². The van der Waals surface area contributed by atoms with Crippen LogP contribution < -0.4 is 10.6 Å². The lowest BCUT2D eigenvalue weighted by molar-refractivity contribution is -0.129. The van der Waals surface area contributed by atoms with Crippen molar-refractivity contribution in [1.29, 1.82) is 0 Å². The fourth-order valence-corrected chi connectivity index (χ4v) is 4.38. The Bertz CT molecular complexity index is 1260. The van der Waals surface area contributed by atoms with E-state index >= 15 is 0 Å². The van der Waals surface area contributed by atoms with Gasteiger partial charge < -0.3 is 20.6 Å². The molecule has 2 aliphatic heterocycles. The zero-order valence-electron chi connectivity index (χ0n) is 18.0. The van der Waals surface area contributed by atoms with Crippen LogP contribution in [0.25, 0.3) is 11.4 Å². The van der Waals surface area contributed by atoms with E-state index in [4.69, 9.17) is 11.6 Å². The molecule has 1 saturated heterocycles. The summed E-state index contributed by atoms with van der Waals surface area (Å²) in [6, 6.07) is 11.5. The maximum atomic E-state index is 14.5. The SMILES string of the molecule is O=C1NCc2nc(-c3c(F)cccc3Cl)nc(Nc3ccc(CC(=O)N4CCC(O)C4)cc3)c21. The number of nitrogens with zero attached hydrogens (tertiary/aromatic N) is 3. The van der Waals surface area contributed by atoms with Crippen molar-refractivity contribution >= 4 is 34.9 Å². The highest BCUT2D eigenvalue weighted by Crippen LogP contribution is 2.32. The predicted molar refractivity (Wildman–Crippen MR) is 124 cm³/mol. The van der Waals surface area contributed by atoms with Gasteiger partial charge in [-0.15, -0.1) is 0 Å². The number of halogens is 2. The average Bonchev–Trinajstić information content (AvgIpc) is 3.41. The Labute approximate surface area is 199 Å². The summed E-state index contributed by atoms with van der Waals surface area (Å²) in [6.07, 6.45) is 0.381. The fraction of sp³-hybridized carbons (Fsp3) is 0.250. The molecule has 5 rings (SSSR count). The maximum absolute atomic E-state index is 14.5. The molecule has 0 bridgehead atoms. The van der Waals surface area contributed by atoms with Gasteiger partial charge in [0.15, 0.2) is 5.82 Å². The van der Waals surface area contributed by atoms with E-state index in [2.05, 4.69) is 20.6 Å². The number of hydrogen-bond donors (Lipinski definition) is 3.